The zero-order valence-corrected chi connectivity index (χ0v) is 10.1. The molecule has 2 nitrogen and oxygen atoms in total. The van der Waals surface area contributed by atoms with Crippen LogP contribution < -0.4 is 0 Å². The van der Waals surface area contributed by atoms with Gasteiger partial charge in [-0.1, -0.05) is 24.0 Å². The van der Waals surface area contributed by atoms with Crippen LogP contribution in [0.5, 0.6) is 0 Å². The summed E-state index contributed by atoms with van der Waals surface area (Å²) in [5.74, 6) is 1.02. The first-order chi connectivity index (χ1) is 6.26. The Morgan fingerprint density at radius 3 is 2.38 bits per heavy atom. The van der Waals surface area contributed by atoms with Crippen molar-refractivity contribution >= 4 is 28.3 Å². The number of nitrogens with zero attached hydrogens (tertiary/aromatic N) is 1. The van der Waals surface area contributed by atoms with Crippen LogP contribution in [-0.4, -0.2) is 39.8 Å². The lowest BCUT2D eigenvalue weighted by Crippen LogP contribution is -2.26. The van der Waals surface area contributed by atoms with E-state index in [1.807, 2.05) is 0 Å². The molecule has 0 fully saturated rings. The third-order valence-corrected chi connectivity index (χ3v) is 3.41. The highest BCUT2D eigenvalue weighted by atomic mass is 32.2. The van der Waals surface area contributed by atoms with Gasteiger partial charge in [0.05, 0.1) is 0 Å². The highest BCUT2D eigenvalue weighted by molar-refractivity contribution is 8.22. The fourth-order valence-corrected chi connectivity index (χ4v) is 2.42. The normalized spacial score (nSPS) is 10.1. The Balaban J connectivity index is 3.48. The van der Waals surface area contributed by atoms with Gasteiger partial charge in [0, 0.05) is 25.4 Å². The van der Waals surface area contributed by atoms with E-state index in [4.69, 9.17) is 17.3 Å². The second kappa shape index (κ2) is 8.78. The van der Waals surface area contributed by atoms with Crippen LogP contribution in [0.4, 0.5) is 0 Å². The van der Waals surface area contributed by atoms with E-state index in [2.05, 4.69) is 18.7 Å². The number of hydrogen-bond acceptors (Lipinski definition) is 3. The SMILES string of the molecule is CCN(CC)C(=S)SCCCCO. The summed E-state index contributed by atoms with van der Waals surface area (Å²) in [5, 5.41) is 8.58. The van der Waals surface area contributed by atoms with Gasteiger partial charge in [-0.25, -0.2) is 0 Å². The van der Waals surface area contributed by atoms with Crippen molar-refractivity contribution in [3.05, 3.63) is 0 Å². The maximum Gasteiger partial charge on any atom is 0.136 e. The monoisotopic (exact) mass is 221 g/mol. The number of thioether (sulfide) groups is 1. The Kier molecular flexibility index (Phi) is 8.92. The second-order valence-corrected chi connectivity index (χ2v) is 4.45. The molecule has 0 aliphatic rings. The minimum atomic E-state index is 0.290. The molecule has 0 bridgehead atoms. The summed E-state index contributed by atoms with van der Waals surface area (Å²) in [6, 6.07) is 0. The van der Waals surface area contributed by atoms with Gasteiger partial charge in [0.15, 0.2) is 0 Å². The van der Waals surface area contributed by atoms with Gasteiger partial charge < -0.3 is 10.0 Å². The van der Waals surface area contributed by atoms with Gasteiger partial charge in [-0.3, -0.25) is 0 Å². The van der Waals surface area contributed by atoms with Crippen molar-refractivity contribution in [3.8, 4) is 0 Å². The van der Waals surface area contributed by atoms with E-state index in [9.17, 15) is 0 Å². The summed E-state index contributed by atoms with van der Waals surface area (Å²) in [5.41, 5.74) is 0. The Labute approximate surface area is 90.7 Å². The number of aliphatic hydroxyl groups excluding tert-OH is 1. The molecule has 0 aromatic rings. The van der Waals surface area contributed by atoms with E-state index in [-0.39, 0.29) is 0 Å². The zero-order chi connectivity index (χ0) is 10.1. The van der Waals surface area contributed by atoms with E-state index in [0.717, 1.165) is 36.0 Å². The summed E-state index contributed by atoms with van der Waals surface area (Å²) >= 11 is 6.97. The summed E-state index contributed by atoms with van der Waals surface area (Å²) in [7, 11) is 0. The smallest absolute Gasteiger partial charge is 0.136 e. The quantitative estimate of drug-likeness (QED) is 0.548. The molecule has 0 spiro atoms. The van der Waals surface area contributed by atoms with Gasteiger partial charge in [-0.15, -0.1) is 0 Å². The van der Waals surface area contributed by atoms with E-state index < -0.39 is 0 Å². The van der Waals surface area contributed by atoms with Crippen LogP contribution in [0.2, 0.25) is 0 Å². The van der Waals surface area contributed by atoms with Crippen LogP contribution in [0.15, 0.2) is 0 Å². The Bertz CT molecular complexity index is 138. The lowest BCUT2D eigenvalue weighted by molar-refractivity contribution is 0.287. The lowest BCUT2D eigenvalue weighted by atomic mass is 10.4. The third kappa shape index (κ3) is 6.29. The summed E-state index contributed by atoms with van der Waals surface area (Å²) < 4.78 is 0.989. The molecular formula is C9H19NOS2. The number of unbranched alkanes of at least 4 members (excludes halogenated alkanes) is 1. The predicted octanol–water partition coefficient (Wildman–Crippen LogP) is 2.12. The Hall–Kier alpha value is 0.200. The van der Waals surface area contributed by atoms with Gasteiger partial charge in [0.2, 0.25) is 0 Å². The average molecular weight is 221 g/mol. The summed E-state index contributed by atoms with van der Waals surface area (Å²) in [4.78, 5) is 2.18. The molecule has 13 heavy (non-hydrogen) atoms. The molecule has 0 aliphatic carbocycles. The summed E-state index contributed by atoms with van der Waals surface area (Å²) in [6.45, 7) is 6.50. The van der Waals surface area contributed by atoms with E-state index in [1.54, 1.807) is 11.8 Å². The first kappa shape index (κ1) is 13.2. The van der Waals surface area contributed by atoms with Crippen molar-refractivity contribution in [2.24, 2.45) is 0 Å². The second-order valence-electron chi connectivity index (χ2n) is 2.72. The number of hydrogen-bond donors (Lipinski definition) is 1. The molecule has 0 atom stereocenters. The third-order valence-electron chi connectivity index (χ3n) is 1.80. The Morgan fingerprint density at radius 2 is 1.92 bits per heavy atom. The van der Waals surface area contributed by atoms with Crippen molar-refractivity contribution in [3.63, 3.8) is 0 Å². The highest BCUT2D eigenvalue weighted by Gasteiger charge is 2.04. The van der Waals surface area contributed by atoms with Gasteiger partial charge in [-0.05, 0) is 26.7 Å². The topological polar surface area (TPSA) is 23.5 Å². The predicted molar refractivity (Wildman–Crippen MR) is 64.3 cm³/mol. The molecule has 0 radical (unpaired) electrons. The Morgan fingerprint density at radius 1 is 1.31 bits per heavy atom. The standard InChI is InChI=1S/C9H19NOS2/c1-3-10(4-2)9(12)13-8-6-5-7-11/h11H,3-8H2,1-2H3. The fraction of sp³-hybridized carbons (Fsp3) is 0.889. The highest BCUT2D eigenvalue weighted by Crippen LogP contribution is 2.11. The van der Waals surface area contributed by atoms with Crippen LogP contribution in [0, 0.1) is 0 Å². The molecule has 0 aromatic carbocycles. The van der Waals surface area contributed by atoms with Gasteiger partial charge in [0.1, 0.15) is 4.32 Å². The molecular weight excluding hydrogens is 202 g/mol. The van der Waals surface area contributed by atoms with Crippen LogP contribution in [0.3, 0.4) is 0 Å². The first-order valence-corrected chi connectivity index (χ1v) is 6.18. The number of thiocarbonyl (C=S) groups is 1. The van der Waals surface area contributed by atoms with Crippen LogP contribution >= 0.6 is 24.0 Å². The molecule has 0 unspecified atom stereocenters. The zero-order valence-electron chi connectivity index (χ0n) is 8.45. The molecule has 0 heterocycles. The van der Waals surface area contributed by atoms with Crippen molar-refractivity contribution in [2.75, 3.05) is 25.4 Å². The minimum Gasteiger partial charge on any atom is -0.396 e. The fourth-order valence-electron chi connectivity index (χ4n) is 0.946. The van der Waals surface area contributed by atoms with Gasteiger partial charge >= 0.3 is 0 Å². The van der Waals surface area contributed by atoms with E-state index in [0.29, 0.717) is 6.61 Å². The molecule has 0 saturated carbocycles. The molecule has 0 rings (SSSR count). The van der Waals surface area contributed by atoms with Crippen molar-refractivity contribution < 1.29 is 5.11 Å². The van der Waals surface area contributed by atoms with Gasteiger partial charge in [-0.2, -0.15) is 0 Å². The summed E-state index contributed by atoms with van der Waals surface area (Å²) in [6.07, 6.45) is 1.93. The van der Waals surface area contributed by atoms with E-state index in [1.165, 1.54) is 0 Å². The molecule has 0 aliphatic heterocycles. The van der Waals surface area contributed by atoms with Crippen LogP contribution in [0.1, 0.15) is 26.7 Å². The molecule has 78 valence electrons. The molecule has 0 saturated heterocycles. The molecule has 0 aromatic heterocycles. The number of rotatable bonds is 6. The number of aliphatic hydroxyl groups is 1. The minimum absolute atomic E-state index is 0.290. The average Bonchev–Trinajstić information content (AvgIpc) is 2.14. The largest absolute Gasteiger partial charge is 0.396 e. The molecule has 4 heteroatoms. The van der Waals surface area contributed by atoms with Gasteiger partial charge in [0.25, 0.3) is 0 Å². The lowest BCUT2D eigenvalue weighted by Gasteiger charge is -2.20. The first-order valence-electron chi connectivity index (χ1n) is 4.78. The maximum atomic E-state index is 8.58. The van der Waals surface area contributed by atoms with Crippen molar-refractivity contribution in [1.82, 2.24) is 4.90 Å². The van der Waals surface area contributed by atoms with Crippen molar-refractivity contribution in [2.45, 2.75) is 26.7 Å². The molecule has 1 N–H and O–H groups in total. The van der Waals surface area contributed by atoms with E-state index >= 15 is 0 Å². The van der Waals surface area contributed by atoms with Crippen molar-refractivity contribution in [1.29, 1.82) is 0 Å². The van der Waals surface area contributed by atoms with Crippen LogP contribution in [0.25, 0.3) is 0 Å². The molecule has 0 amide bonds. The maximum absolute atomic E-state index is 8.58. The van der Waals surface area contributed by atoms with Crippen LogP contribution in [-0.2, 0) is 0 Å².